The van der Waals surface area contributed by atoms with Gasteiger partial charge in [-0.3, -0.25) is 9.89 Å². The van der Waals surface area contributed by atoms with Crippen molar-refractivity contribution < 1.29 is 4.79 Å². The van der Waals surface area contributed by atoms with E-state index in [1.807, 2.05) is 11.9 Å². The number of aromatic amines is 1. The number of fused-ring (bicyclic) bond motifs is 1. The summed E-state index contributed by atoms with van der Waals surface area (Å²) in [7, 11) is 1.89. The van der Waals surface area contributed by atoms with Crippen molar-refractivity contribution in [1.82, 2.24) is 25.1 Å². The minimum absolute atomic E-state index is 0.222. The lowest BCUT2D eigenvalue weighted by Crippen LogP contribution is -2.48. The van der Waals surface area contributed by atoms with Crippen LogP contribution < -0.4 is 10.6 Å². The van der Waals surface area contributed by atoms with Crippen LogP contribution in [0.2, 0.25) is 0 Å². The molecular weight excluding hydrogens is 282 g/mol. The molecule has 2 saturated heterocycles. The van der Waals surface area contributed by atoms with Crippen molar-refractivity contribution >= 4 is 28.7 Å². The fraction of sp³-hybridized carbons (Fsp3) is 0.571. The number of nitrogens with two attached hydrogens (primary N) is 1. The van der Waals surface area contributed by atoms with Crippen LogP contribution in [0.3, 0.4) is 0 Å². The quantitative estimate of drug-likeness (QED) is 0.789. The lowest BCUT2D eigenvalue weighted by Gasteiger charge is -2.37. The smallest absolute Gasteiger partial charge is 0.230 e. The highest BCUT2D eigenvalue weighted by molar-refractivity contribution is 5.89. The van der Waals surface area contributed by atoms with Crippen LogP contribution in [-0.2, 0) is 4.79 Å². The number of H-pyrrole nitrogens is 1. The molecule has 0 aromatic carbocycles. The first-order valence-electron chi connectivity index (χ1n) is 7.56. The molecule has 8 heteroatoms. The SMILES string of the molecule is CN1CCCC2(CCN(c3nc(N)nc4[nH]ncc34)C2)C1=O. The van der Waals surface area contributed by atoms with Crippen molar-refractivity contribution in [3.8, 4) is 0 Å². The van der Waals surface area contributed by atoms with E-state index in [1.54, 1.807) is 6.20 Å². The molecule has 0 bridgehead atoms. The Morgan fingerprint density at radius 2 is 2.18 bits per heavy atom. The summed E-state index contributed by atoms with van der Waals surface area (Å²) in [5, 5.41) is 7.70. The zero-order chi connectivity index (χ0) is 15.3. The second-order valence-corrected chi connectivity index (χ2v) is 6.32. The molecule has 2 aliphatic rings. The minimum Gasteiger partial charge on any atom is -0.368 e. The van der Waals surface area contributed by atoms with E-state index in [2.05, 4.69) is 25.1 Å². The van der Waals surface area contributed by atoms with E-state index in [1.165, 1.54) is 0 Å². The second kappa shape index (κ2) is 4.56. The number of nitrogen functional groups attached to an aromatic ring is 1. The Hall–Kier alpha value is -2.38. The number of carbonyl (C=O) groups is 1. The van der Waals surface area contributed by atoms with Crippen LogP contribution >= 0.6 is 0 Å². The highest BCUT2D eigenvalue weighted by atomic mass is 16.2. The fourth-order valence-electron chi connectivity index (χ4n) is 3.78. The number of carbonyl (C=O) groups excluding carboxylic acids is 1. The van der Waals surface area contributed by atoms with Gasteiger partial charge >= 0.3 is 0 Å². The Labute approximate surface area is 127 Å². The van der Waals surface area contributed by atoms with E-state index in [0.29, 0.717) is 12.2 Å². The largest absolute Gasteiger partial charge is 0.368 e. The summed E-state index contributed by atoms with van der Waals surface area (Å²) in [6.07, 6.45) is 4.58. The number of rotatable bonds is 1. The topological polar surface area (TPSA) is 104 Å². The Bertz CT molecular complexity index is 742. The third-order valence-electron chi connectivity index (χ3n) is 4.91. The first kappa shape index (κ1) is 13.3. The molecular formula is C14H19N7O. The summed E-state index contributed by atoms with van der Waals surface area (Å²) in [5.74, 6) is 1.25. The number of amides is 1. The van der Waals surface area contributed by atoms with Gasteiger partial charge in [0.2, 0.25) is 11.9 Å². The summed E-state index contributed by atoms with van der Waals surface area (Å²) >= 11 is 0. The van der Waals surface area contributed by atoms with E-state index >= 15 is 0 Å². The summed E-state index contributed by atoms with van der Waals surface area (Å²) in [4.78, 5) is 25.2. The highest BCUT2D eigenvalue weighted by Gasteiger charge is 2.48. The third-order valence-corrected chi connectivity index (χ3v) is 4.91. The van der Waals surface area contributed by atoms with Crippen LogP contribution in [0.1, 0.15) is 19.3 Å². The molecule has 116 valence electrons. The molecule has 0 saturated carbocycles. The van der Waals surface area contributed by atoms with Crippen molar-refractivity contribution in [2.45, 2.75) is 19.3 Å². The molecule has 1 atom stereocenters. The van der Waals surface area contributed by atoms with E-state index in [-0.39, 0.29) is 17.3 Å². The number of hydrogen-bond donors (Lipinski definition) is 2. The lowest BCUT2D eigenvalue weighted by atomic mass is 9.78. The van der Waals surface area contributed by atoms with Crippen LogP contribution in [0.15, 0.2) is 6.20 Å². The van der Waals surface area contributed by atoms with Gasteiger partial charge in [0, 0.05) is 26.7 Å². The van der Waals surface area contributed by atoms with Gasteiger partial charge in [-0.2, -0.15) is 15.1 Å². The van der Waals surface area contributed by atoms with Gasteiger partial charge in [0.25, 0.3) is 0 Å². The molecule has 4 heterocycles. The van der Waals surface area contributed by atoms with Crippen LogP contribution in [0.5, 0.6) is 0 Å². The first-order valence-corrected chi connectivity index (χ1v) is 7.56. The maximum absolute atomic E-state index is 12.6. The molecule has 4 rings (SSSR count). The molecule has 0 aliphatic carbocycles. The van der Waals surface area contributed by atoms with Crippen molar-refractivity contribution in [2.75, 3.05) is 37.3 Å². The lowest BCUT2D eigenvalue weighted by molar-refractivity contribution is -0.143. The molecule has 22 heavy (non-hydrogen) atoms. The molecule has 2 aromatic heterocycles. The number of piperidine rings is 1. The van der Waals surface area contributed by atoms with Gasteiger partial charge in [0.05, 0.1) is 17.0 Å². The minimum atomic E-state index is -0.275. The average Bonchev–Trinajstić information content (AvgIpc) is 3.11. The maximum Gasteiger partial charge on any atom is 0.230 e. The van der Waals surface area contributed by atoms with E-state index in [0.717, 1.165) is 43.6 Å². The number of anilines is 2. The zero-order valence-corrected chi connectivity index (χ0v) is 12.5. The van der Waals surface area contributed by atoms with Gasteiger partial charge in [0.15, 0.2) is 5.65 Å². The Kier molecular flexibility index (Phi) is 2.75. The molecule has 2 fully saturated rings. The zero-order valence-electron chi connectivity index (χ0n) is 12.5. The molecule has 3 N–H and O–H groups in total. The normalized spacial score (nSPS) is 25.6. The predicted octanol–water partition coefficient (Wildman–Crippen LogP) is 0.384. The summed E-state index contributed by atoms with van der Waals surface area (Å²) < 4.78 is 0. The number of aromatic nitrogens is 4. The standard InChI is InChI=1S/C14H19N7O/c1-20-5-2-3-14(12(20)22)4-6-21(8-14)11-9-7-16-19-10(9)17-13(15)18-11/h7H,2-6,8H2,1H3,(H3,15,16,17,18,19). The molecule has 2 aliphatic heterocycles. The van der Waals surface area contributed by atoms with Gasteiger partial charge in [-0.1, -0.05) is 0 Å². The Balaban J connectivity index is 1.70. The van der Waals surface area contributed by atoms with E-state index in [4.69, 9.17) is 5.73 Å². The van der Waals surface area contributed by atoms with Crippen LogP contribution in [0.25, 0.3) is 11.0 Å². The summed E-state index contributed by atoms with van der Waals surface area (Å²) in [5.41, 5.74) is 6.16. The molecule has 0 radical (unpaired) electrons. The maximum atomic E-state index is 12.6. The first-order chi connectivity index (χ1) is 10.6. The number of nitrogens with zero attached hydrogens (tertiary/aromatic N) is 5. The van der Waals surface area contributed by atoms with Crippen molar-refractivity contribution in [3.63, 3.8) is 0 Å². The number of likely N-dealkylation sites (tertiary alicyclic amines) is 1. The van der Waals surface area contributed by atoms with Crippen LogP contribution in [0, 0.1) is 5.41 Å². The van der Waals surface area contributed by atoms with Crippen LogP contribution in [-0.4, -0.2) is 57.7 Å². The van der Waals surface area contributed by atoms with Crippen molar-refractivity contribution in [3.05, 3.63) is 6.20 Å². The third kappa shape index (κ3) is 1.83. The van der Waals surface area contributed by atoms with Gasteiger partial charge < -0.3 is 15.5 Å². The van der Waals surface area contributed by atoms with Crippen molar-refractivity contribution in [2.24, 2.45) is 5.41 Å². The van der Waals surface area contributed by atoms with Crippen LogP contribution in [0.4, 0.5) is 11.8 Å². The monoisotopic (exact) mass is 301 g/mol. The summed E-state index contributed by atoms with van der Waals surface area (Å²) in [6, 6.07) is 0. The van der Waals surface area contributed by atoms with E-state index in [9.17, 15) is 4.79 Å². The van der Waals surface area contributed by atoms with Gasteiger partial charge in [0.1, 0.15) is 5.82 Å². The highest BCUT2D eigenvalue weighted by Crippen LogP contribution is 2.41. The Morgan fingerprint density at radius 3 is 3.05 bits per heavy atom. The molecule has 8 nitrogen and oxygen atoms in total. The van der Waals surface area contributed by atoms with Gasteiger partial charge in [-0.05, 0) is 19.3 Å². The van der Waals surface area contributed by atoms with Gasteiger partial charge in [-0.25, -0.2) is 0 Å². The number of nitrogens with one attached hydrogen (secondary N) is 1. The predicted molar refractivity (Wildman–Crippen MR) is 82.2 cm³/mol. The molecule has 1 spiro atoms. The molecule has 1 unspecified atom stereocenters. The fourth-order valence-corrected chi connectivity index (χ4v) is 3.78. The molecule has 2 aromatic rings. The van der Waals surface area contributed by atoms with Crippen molar-refractivity contribution in [1.29, 1.82) is 0 Å². The summed E-state index contributed by atoms with van der Waals surface area (Å²) in [6.45, 7) is 2.34. The van der Waals surface area contributed by atoms with Gasteiger partial charge in [-0.15, -0.1) is 0 Å². The average molecular weight is 301 g/mol. The second-order valence-electron chi connectivity index (χ2n) is 6.32. The Morgan fingerprint density at radius 1 is 1.32 bits per heavy atom. The van der Waals surface area contributed by atoms with E-state index < -0.39 is 0 Å². The molecule has 1 amide bonds. The number of hydrogen-bond acceptors (Lipinski definition) is 6.